The van der Waals surface area contributed by atoms with E-state index in [4.69, 9.17) is 0 Å². The van der Waals surface area contributed by atoms with Crippen LogP contribution < -0.4 is 10.6 Å². The maximum Gasteiger partial charge on any atom is 0.225 e. The van der Waals surface area contributed by atoms with Crippen LogP contribution in [0.15, 0.2) is 0 Å². The molecule has 2 saturated carbocycles. The van der Waals surface area contributed by atoms with Gasteiger partial charge in [0.2, 0.25) is 11.8 Å². The van der Waals surface area contributed by atoms with E-state index in [1.807, 2.05) is 7.05 Å². The third kappa shape index (κ3) is 5.21. The number of nitrogens with one attached hydrogen (secondary N) is 2. The molecule has 26 heavy (non-hydrogen) atoms. The Balaban J connectivity index is 1.36. The minimum absolute atomic E-state index is 0.184. The van der Waals surface area contributed by atoms with E-state index in [9.17, 15) is 9.59 Å². The molecule has 1 saturated heterocycles. The lowest BCUT2D eigenvalue weighted by atomic mass is 9.84. The van der Waals surface area contributed by atoms with E-state index < -0.39 is 0 Å². The Labute approximate surface area is 158 Å². The lowest BCUT2D eigenvalue weighted by Gasteiger charge is -2.36. The van der Waals surface area contributed by atoms with E-state index in [1.54, 1.807) is 0 Å². The van der Waals surface area contributed by atoms with Gasteiger partial charge in [-0.25, -0.2) is 0 Å². The van der Waals surface area contributed by atoms with Crippen molar-refractivity contribution in [1.82, 2.24) is 15.5 Å². The third-order valence-corrected chi connectivity index (χ3v) is 6.88. The molecule has 0 radical (unpaired) electrons. The summed E-state index contributed by atoms with van der Waals surface area (Å²) < 4.78 is 0. The first-order valence-corrected chi connectivity index (χ1v) is 10.9. The first kappa shape index (κ1) is 19.7. The molecule has 5 nitrogen and oxygen atoms in total. The molecule has 0 aromatic rings. The van der Waals surface area contributed by atoms with Crippen LogP contribution in [0.1, 0.15) is 70.6 Å². The summed E-state index contributed by atoms with van der Waals surface area (Å²) in [7, 11) is 2.01. The van der Waals surface area contributed by atoms with Crippen LogP contribution in [-0.4, -0.2) is 49.4 Å². The minimum Gasteiger partial charge on any atom is -0.353 e. The normalized spacial score (nSPS) is 28.3. The first-order chi connectivity index (χ1) is 12.7. The fourth-order valence-electron chi connectivity index (χ4n) is 5.04. The molecule has 5 heteroatoms. The van der Waals surface area contributed by atoms with Crippen molar-refractivity contribution in [1.29, 1.82) is 0 Å². The molecule has 3 fully saturated rings. The maximum absolute atomic E-state index is 12.8. The molecule has 0 bridgehead atoms. The fourth-order valence-corrected chi connectivity index (χ4v) is 5.04. The summed E-state index contributed by atoms with van der Waals surface area (Å²) >= 11 is 0. The Kier molecular flexibility index (Phi) is 7.35. The molecule has 0 aromatic heterocycles. The number of rotatable bonds is 6. The topological polar surface area (TPSA) is 61.4 Å². The molecule has 0 unspecified atom stereocenters. The van der Waals surface area contributed by atoms with Crippen molar-refractivity contribution in [2.45, 2.75) is 76.7 Å². The second-order valence-corrected chi connectivity index (χ2v) is 8.70. The Bertz CT molecular complexity index is 460. The molecule has 1 aliphatic heterocycles. The standard InChI is InChI=1S/C21H37N3O2/c1-22-13-10-16-11-14-24(15-12-16)21(26)18-6-8-19(9-7-18)23-20(25)17-4-2-3-5-17/h16-19,22H,2-15H2,1H3,(H,23,25). The van der Waals surface area contributed by atoms with Crippen LogP contribution in [0.3, 0.4) is 0 Å². The van der Waals surface area contributed by atoms with Gasteiger partial charge in [-0.05, 0) is 77.3 Å². The number of amides is 2. The highest BCUT2D eigenvalue weighted by atomic mass is 16.2. The SMILES string of the molecule is CNCCC1CCN(C(=O)C2CCC(NC(=O)C3CCCC3)CC2)CC1. The van der Waals surface area contributed by atoms with Crippen molar-refractivity contribution in [3.63, 3.8) is 0 Å². The number of carbonyl (C=O) groups excluding carboxylic acids is 2. The van der Waals surface area contributed by atoms with E-state index in [-0.39, 0.29) is 17.7 Å². The Hall–Kier alpha value is -1.10. The van der Waals surface area contributed by atoms with E-state index >= 15 is 0 Å². The first-order valence-electron chi connectivity index (χ1n) is 10.9. The molecule has 148 valence electrons. The molecule has 3 rings (SSSR count). The molecule has 1 heterocycles. The van der Waals surface area contributed by atoms with Gasteiger partial charge in [-0.1, -0.05) is 12.8 Å². The smallest absolute Gasteiger partial charge is 0.225 e. The van der Waals surface area contributed by atoms with Crippen LogP contribution in [-0.2, 0) is 9.59 Å². The number of hydrogen-bond donors (Lipinski definition) is 2. The Morgan fingerprint density at radius 1 is 0.885 bits per heavy atom. The monoisotopic (exact) mass is 363 g/mol. The summed E-state index contributed by atoms with van der Waals surface area (Å²) in [6.45, 7) is 2.95. The Morgan fingerprint density at radius 2 is 1.54 bits per heavy atom. The summed E-state index contributed by atoms with van der Waals surface area (Å²) in [5.41, 5.74) is 0. The Morgan fingerprint density at radius 3 is 2.15 bits per heavy atom. The number of nitrogens with zero attached hydrogens (tertiary/aromatic N) is 1. The molecule has 0 atom stereocenters. The second-order valence-electron chi connectivity index (χ2n) is 8.70. The van der Waals surface area contributed by atoms with Gasteiger partial charge < -0.3 is 15.5 Å². The summed E-state index contributed by atoms with van der Waals surface area (Å²) in [4.78, 5) is 27.2. The van der Waals surface area contributed by atoms with Gasteiger partial charge in [-0.2, -0.15) is 0 Å². The van der Waals surface area contributed by atoms with Gasteiger partial charge in [-0.3, -0.25) is 9.59 Å². The average molecular weight is 364 g/mol. The van der Waals surface area contributed by atoms with Crippen LogP contribution in [0.2, 0.25) is 0 Å². The molecule has 0 aromatic carbocycles. The van der Waals surface area contributed by atoms with Crippen LogP contribution in [0, 0.1) is 17.8 Å². The van der Waals surface area contributed by atoms with E-state index in [1.165, 1.54) is 19.3 Å². The van der Waals surface area contributed by atoms with E-state index in [2.05, 4.69) is 15.5 Å². The number of hydrogen-bond acceptors (Lipinski definition) is 3. The molecule has 2 N–H and O–H groups in total. The van der Waals surface area contributed by atoms with Gasteiger partial charge in [0.25, 0.3) is 0 Å². The van der Waals surface area contributed by atoms with Gasteiger partial charge in [-0.15, -0.1) is 0 Å². The molecule has 0 spiro atoms. The zero-order valence-corrected chi connectivity index (χ0v) is 16.5. The average Bonchev–Trinajstić information content (AvgIpc) is 3.22. The second kappa shape index (κ2) is 9.72. The highest BCUT2D eigenvalue weighted by Gasteiger charge is 2.32. The van der Waals surface area contributed by atoms with E-state index in [0.717, 1.165) is 76.9 Å². The van der Waals surface area contributed by atoms with Crippen molar-refractivity contribution >= 4 is 11.8 Å². The summed E-state index contributed by atoms with van der Waals surface area (Å²) in [5, 5.41) is 6.48. The maximum atomic E-state index is 12.8. The largest absolute Gasteiger partial charge is 0.353 e. The minimum atomic E-state index is 0.184. The van der Waals surface area contributed by atoms with Crippen LogP contribution in [0.5, 0.6) is 0 Å². The molecule has 2 aliphatic carbocycles. The number of likely N-dealkylation sites (tertiary alicyclic amines) is 1. The summed E-state index contributed by atoms with van der Waals surface area (Å²) in [6, 6.07) is 0.291. The molecular weight excluding hydrogens is 326 g/mol. The van der Waals surface area contributed by atoms with Gasteiger partial charge in [0.1, 0.15) is 0 Å². The quantitative estimate of drug-likeness (QED) is 0.763. The number of carbonyl (C=O) groups is 2. The van der Waals surface area contributed by atoms with Gasteiger partial charge in [0.15, 0.2) is 0 Å². The molecular formula is C21H37N3O2. The highest BCUT2D eigenvalue weighted by molar-refractivity contribution is 5.80. The van der Waals surface area contributed by atoms with Crippen LogP contribution in [0.4, 0.5) is 0 Å². The predicted molar refractivity (Wildman–Crippen MR) is 104 cm³/mol. The van der Waals surface area contributed by atoms with Gasteiger partial charge in [0, 0.05) is 31.0 Å². The van der Waals surface area contributed by atoms with Crippen molar-refractivity contribution in [2.24, 2.45) is 17.8 Å². The third-order valence-electron chi connectivity index (χ3n) is 6.88. The molecule has 2 amide bonds. The lowest BCUT2D eigenvalue weighted by Crippen LogP contribution is -2.45. The number of piperidine rings is 1. The predicted octanol–water partition coefficient (Wildman–Crippen LogP) is 2.70. The van der Waals surface area contributed by atoms with Crippen molar-refractivity contribution < 1.29 is 9.59 Å². The summed E-state index contributed by atoms with van der Waals surface area (Å²) in [6.07, 6.45) is 11.9. The van der Waals surface area contributed by atoms with Crippen LogP contribution >= 0.6 is 0 Å². The lowest BCUT2D eigenvalue weighted by molar-refractivity contribution is -0.138. The van der Waals surface area contributed by atoms with Crippen molar-refractivity contribution in [3.05, 3.63) is 0 Å². The molecule has 3 aliphatic rings. The summed E-state index contributed by atoms with van der Waals surface area (Å²) in [5.74, 6) is 1.84. The van der Waals surface area contributed by atoms with E-state index in [0.29, 0.717) is 11.9 Å². The zero-order valence-electron chi connectivity index (χ0n) is 16.5. The van der Waals surface area contributed by atoms with Gasteiger partial charge >= 0.3 is 0 Å². The highest BCUT2D eigenvalue weighted by Crippen LogP contribution is 2.30. The van der Waals surface area contributed by atoms with Crippen molar-refractivity contribution in [3.8, 4) is 0 Å². The zero-order chi connectivity index (χ0) is 18.4. The fraction of sp³-hybridized carbons (Fsp3) is 0.905. The van der Waals surface area contributed by atoms with Gasteiger partial charge in [0.05, 0.1) is 0 Å². The van der Waals surface area contributed by atoms with Crippen molar-refractivity contribution in [2.75, 3.05) is 26.7 Å². The van der Waals surface area contributed by atoms with Crippen LogP contribution in [0.25, 0.3) is 0 Å².